The van der Waals surface area contributed by atoms with Crippen LogP contribution < -0.4 is 4.84 Å². The van der Waals surface area contributed by atoms with Gasteiger partial charge >= 0.3 is 11.7 Å². The molecule has 0 bridgehead atoms. The number of carbonyl (C=O) groups excluding carboxylic acids is 1. The maximum Gasteiger partial charge on any atom is 0.356 e. The van der Waals surface area contributed by atoms with Crippen molar-refractivity contribution in [2.75, 3.05) is 6.61 Å². The molecule has 0 aliphatic carbocycles. The predicted molar refractivity (Wildman–Crippen MR) is 111 cm³/mol. The molecule has 31 heavy (non-hydrogen) atoms. The molecule has 3 aromatic rings. The Hall–Kier alpha value is -4.28. The first kappa shape index (κ1) is 21.4. The van der Waals surface area contributed by atoms with Gasteiger partial charge in [0.05, 0.1) is 22.5 Å². The molecule has 0 saturated carbocycles. The van der Waals surface area contributed by atoms with Crippen molar-refractivity contribution in [2.45, 2.75) is 19.8 Å². The average Bonchev–Trinajstić information content (AvgIpc) is 3.17. The van der Waals surface area contributed by atoms with Gasteiger partial charge < -0.3 is 14.6 Å². The minimum absolute atomic E-state index is 0.0696. The second kappa shape index (κ2) is 9.48. The summed E-state index contributed by atoms with van der Waals surface area (Å²) in [6, 6.07) is 10.5. The highest BCUT2D eigenvalue weighted by atomic mass is 16.7. The molecule has 160 valence electrons. The highest BCUT2D eigenvalue weighted by molar-refractivity contribution is 6.36. The molecule has 11 heteroatoms. The van der Waals surface area contributed by atoms with Gasteiger partial charge in [0.1, 0.15) is 0 Å². The standard InChI is InChI=1S/C20H18N4O7/c1-2-30-20(25)17(9-7-13-12-21-16-6-4-3-5-15(13)16)22-31-19-10-8-14(23(26)27)11-18(19)24(28)29/h3-6,8,10-12,21H,2,7,9H2,1H3/b22-17+. The van der Waals surface area contributed by atoms with Gasteiger partial charge in [-0.05, 0) is 31.0 Å². The Morgan fingerprint density at radius 1 is 1.13 bits per heavy atom. The number of H-pyrrole nitrogens is 1. The third kappa shape index (κ3) is 5.01. The van der Waals surface area contributed by atoms with Crippen LogP contribution in [-0.4, -0.2) is 33.1 Å². The molecule has 0 radical (unpaired) electrons. The van der Waals surface area contributed by atoms with E-state index in [4.69, 9.17) is 9.57 Å². The van der Waals surface area contributed by atoms with E-state index in [2.05, 4.69) is 10.1 Å². The smallest absolute Gasteiger partial charge is 0.356 e. The van der Waals surface area contributed by atoms with Gasteiger partial charge in [0.15, 0.2) is 5.71 Å². The number of nitro benzene ring substituents is 2. The summed E-state index contributed by atoms with van der Waals surface area (Å²) >= 11 is 0. The number of benzene rings is 2. The summed E-state index contributed by atoms with van der Waals surface area (Å²) in [7, 11) is 0. The van der Waals surface area contributed by atoms with Gasteiger partial charge in [0.2, 0.25) is 5.75 Å². The van der Waals surface area contributed by atoms with Gasteiger partial charge in [-0.2, -0.15) is 0 Å². The number of nitrogens with zero attached hydrogens (tertiary/aromatic N) is 3. The largest absolute Gasteiger partial charge is 0.461 e. The molecule has 11 nitrogen and oxygen atoms in total. The predicted octanol–water partition coefficient (Wildman–Crippen LogP) is 3.92. The van der Waals surface area contributed by atoms with E-state index in [1.807, 2.05) is 30.5 Å². The van der Waals surface area contributed by atoms with Crippen LogP contribution in [0.4, 0.5) is 11.4 Å². The Labute approximate surface area is 175 Å². The lowest BCUT2D eigenvalue weighted by molar-refractivity contribution is -0.394. The van der Waals surface area contributed by atoms with Crippen LogP contribution in [0.2, 0.25) is 0 Å². The Balaban J connectivity index is 1.84. The molecule has 0 saturated heterocycles. The topological polar surface area (TPSA) is 150 Å². The number of carbonyl (C=O) groups is 1. The second-order valence-corrected chi connectivity index (χ2v) is 6.38. The minimum atomic E-state index is -0.826. The van der Waals surface area contributed by atoms with Gasteiger partial charge in [-0.15, -0.1) is 0 Å². The molecule has 0 aliphatic rings. The summed E-state index contributed by atoms with van der Waals surface area (Å²) in [5.41, 5.74) is 0.726. The molecule has 1 heterocycles. The van der Waals surface area contributed by atoms with Gasteiger partial charge in [-0.25, -0.2) is 4.79 Å². The summed E-state index contributed by atoms with van der Waals surface area (Å²) in [6.07, 6.45) is 2.42. The van der Waals surface area contributed by atoms with E-state index in [0.717, 1.165) is 34.7 Å². The number of fused-ring (bicyclic) bond motifs is 1. The fraction of sp³-hybridized carbons (Fsp3) is 0.200. The zero-order chi connectivity index (χ0) is 22.4. The normalized spacial score (nSPS) is 11.3. The van der Waals surface area contributed by atoms with Crippen LogP contribution in [0, 0.1) is 20.2 Å². The number of para-hydroxylation sites is 1. The first-order chi connectivity index (χ1) is 14.9. The lowest BCUT2D eigenvalue weighted by Gasteiger charge is -2.06. The van der Waals surface area contributed by atoms with Crippen LogP contribution in [0.15, 0.2) is 53.8 Å². The average molecular weight is 426 g/mol. The lowest BCUT2D eigenvalue weighted by Crippen LogP contribution is -2.19. The number of aryl methyl sites for hydroxylation is 1. The number of esters is 1. The first-order valence-electron chi connectivity index (χ1n) is 9.29. The molecule has 0 fully saturated rings. The quantitative estimate of drug-likeness (QED) is 0.236. The van der Waals surface area contributed by atoms with E-state index in [9.17, 15) is 25.0 Å². The maximum absolute atomic E-state index is 12.3. The van der Waals surface area contributed by atoms with Crippen molar-refractivity contribution in [3.63, 3.8) is 0 Å². The van der Waals surface area contributed by atoms with Crippen molar-refractivity contribution in [3.8, 4) is 5.75 Å². The van der Waals surface area contributed by atoms with Crippen LogP contribution in [-0.2, 0) is 16.0 Å². The van der Waals surface area contributed by atoms with Crippen LogP contribution in [0.5, 0.6) is 5.75 Å². The molecule has 3 rings (SSSR count). The summed E-state index contributed by atoms with van der Waals surface area (Å²) in [5.74, 6) is -1.05. The molecule has 1 aromatic heterocycles. The van der Waals surface area contributed by atoms with E-state index < -0.39 is 27.2 Å². The third-order valence-electron chi connectivity index (χ3n) is 4.42. The van der Waals surface area contributed by atoms with E-state index in [0.29, 0.717) is 6.42 Å². The van der Waals surface area contributed by atoms with Crippen molar-refractivity contribution < 1.29 is 24.2 Å². The molecular weight excluding hydrogens is 408 g/mol. The van der Waals surface area contributed by atoms with Crippen molar-refractivity contribution in [3.05, 3.63) is 74.5 Å². The van der Waals surface area contributed by atoms with E-state index in [1.165, 1.54) is 0 Å². The monoisotopic (exact) mass is 426 g/mol. The van der Waals surface area contributed by atoms with Crippen LogP contribution in [0.3, 0.4) is 0 Å². The summed E-state index contributed by atoms with van der Waals surface area (Å²) in [4.78, 5) is 41.1. The van der Waals surface area contributed by atoms with Gasteiger partial charge in [-0.1, -0.05) is 23.4 Å². The Morgan fingerprint density at radius 3 is 2.61 bits per heavy atom. The number of rotatable bonds is 9. The molecule has 0 aliphatic heterocycles. The fourth-order valence-corrected chi connectivity index (χ4v) is 2.93. The first-order valence-corrected chi connectivity index (χ1v) is 9.29. The van der Waals surface area contributed by atoms with Crippen molar-refractivity contribution in [1.82, 2.24) is 4.98 Å². The Kier molecular flexibility index (Phi) is 6.55. The maximum atomic E-state index is 12.3. The third-order valence-corrected chi connectivity index (χ3v) is 4.42. The van der Waals surface area contributed by atoms with Crippen molar-refractivity contribution in [1.29, 1.82) is 0 Å². The summed E-state index contributed by atoms with van der Waals surface area (Å²) in [5, 5.41) is 26.9. The minimum Gasteiger partial charge on any atom is -0.461 e. The fourth-order valence-electron chi connectivity index (χ4n) is 2.93. The van der Waals surface area contributed by atoms with Crippen LogP contribution in [0.25, 0.3) is 10.9 Å². The Morgan fingerprint density at radius 2 is 1.90 bits per heavy atom. The number of aromatic nitrogens is 1. The number of oxime groups is 1. The van der Waals surface area contributed by atoms with E-state index in [-0.39, 0.29) is 24.5 Å². The highest BCUT2D eigenvalue weighted by Crippen LogP contribution is 2.31. The number of ether oxygens (including phenoxy) is 1. The SMILES string of the molecule is CCOC(=O)/C(CCc1c[nH]c2ccccc12)=N/Oc1ccc([N+](=O)[O-])cc1[N+](=O)[O-]. The molecule has 2 aromatic carbocycles. The lowest BCUT2D eigenvalue weighted by atomic mass is 10.1. The summed E-state index contributed by atoms with van der Waals surface area (Å²) < 4.78 is 5.00. The number of hydrogen-bond donors (Lipinski definition) is 1. The van der Waals surface area contributed by atoms with Crippen LogP contribution >= 0.6 is 0 Å². The van der Waals surface area contributed by atoms with Crippen LogP contribution in [0.1, 0.15) is 18.9 Å². The van der Waals surface area contributed by atoms with Gasteiger partial charge in [-0.3, -0.25) is 20.2 Å². The number of aromatic amines is 1. The van der Waals surface area contributed by atoms with Gasteiger partial charge in [0, 0.05) is 29.6 Å². The molecule has 1 N–H and O–H groups in total. The number of non-ortho nitro benzene ring substituents is 1. The number of nitro groups is 2. The zero-order valence-electron chi connectivity index (χ0n) is 16.4. The summed E-state index contributed by atoms with van der Waals surface area (Å²) in [6.45, 7) is 1.75. The van der Waals surface area contributed by atoms with Gasteiger partial charge in [0.25, 0.3) is 5.69 Å². The number of nitrogens with one attached hydrogen (secondary N) is 1. The molecule has 0 atom stereocenters. The van der Waals surface area contributed by atoms with E-state index >= 15 is 0 Å². The Bertz CT molecular complexity index is 1170. The van der Waals surface area contributed by atoms with Crippen molar-refractivity contribution in [2.24, 2.45) is 5.16 Å². The second-order valence-electron chi connectivity index (χ2n) is 6.38. The highest BCUT2D eigenvalue weighted by Gasteiger charge is 2.22. The van der Waals surface area contributed by atoms with E-state index in [1.54, 1.807) is 6.92 Å². The number of hydrogen-bond acceptors (Lipinski definition) is 8. The molecular formula is C20H18N4O7. The molecule has 0 unspecified atom stereocenters. The van der Waals surface area contributed by atoms with Crippen molar-refractivity contribution >= 4 is 34.0 Å². The molecule has 0 spiro atoms. The zero-order valence-corrected chi connectivity index (χ0v) is 16.4. The molecule has 0 amide bonds.